The Morgan fingerprint density at radius 1 is 1.24 bits per heavy atom. The average molecular weight is 395 g/mol. The minimum atomic E-state index is -1.06. The molecule has 6 heteroatoms. The maximum Gasteiger partial charge on any atom is 0.0638 e. The van der Waals surface area contributed by atoms with E-state index in [1.807, 2.05) is 11.4 Å². The molecule has 1 aromatic heterocycles. The van der Waals surface area contributed by atoms with Crippen LogP contribution < -0.4 is 5.73 Å². The van der Waals surface area contributed by atoms with E-state index in [4.69, 9.17) is 5.73 Å². The maximum atomic E-state index is 12.2. The van der Waals surface area contributed by atoms with Gasteiger partial charge in [-0.05, 0) is 61.5 Å². The number of thiophene rings is 1. The summed E-state index contributed by atoms with van der Waals surface area (Å²) < 4.78 is 14.0. The molecular formula is C11H9Br2NOS2. The monoisotopic (exact) mass is 393 g/mol. The molecule has 0 amide bonds. The molecule has 1 atom stereocenters. The first-order valence-electron chi connectivity index (χ1n) is 4.73. The number of halogens is 2. The molecule has 2 N–H and O–H groups in total. The van der Waals surface area contributed by atoms with Crippen LogP contribution in [-0.2, 0) is 16.6 Å². The minimum Gasteiger partial charge on any atom is -0.399 e. The van der Waals surface area contributed by atoms with E-state index in [9.17, 15) is 4.21 Å². The largest absolute Gasteiger partial charge is 0.399 e. The van der Waals surface area contributed by atoms with Crippen molar-refractivity contribution < 1.29 is 4.21 Å². The lowest BCUT2D eigenvalue weighted by atomic mass is 10.3. The summed E-state index contributed by atoms with van der Waals surface area (Å²) in [5.74, 6) is 0.515. The fraction of sp³-hybridized carbons (Fsp3) is 0.0909. The molecular weight excluding hydrogens is 386 g/mol. The summed E-state index contributed by atoms with van der Waals surface area (Å²) in [5.41, 5.74) is 6.32. The van der Waals surface area contributed by atoms with Crippen LogP contribution in [0.1, 0.15) is 4.88 Å². The molecule has 17 heavy (non-hydrogen) atoms. The Morgan fingerprint density at radius 2 is 2.00 bits per heavy atom. The van der Waals surface area contributed by atoms with Crippen LogP contribution in [0.4, 0.5) is 5.69 Å². The van der Waals surface area contributed by atoms with Crippen molar-refractivity contribution in [2.45, 2.75) is 10.6 Å². The third-order valence-corrected chi connectivity index (χ3v) is 6.58. The second kappa shape index (κ2) is 5.65. The molecule has 0 fully saturated rings. The number of rotatable bonds is 3. The molecule has 0 saturated heterocycles. The first-order chi connectivity index (χ1) is 8.08. The Balaban J connectivity index is 2.23. The number of benzene rings is 1. The van der Waals surface area contributed by atoms with E-state index in [-0.39, 0.29) is 0 Å². The van der Waals surface area contributed by atoms with E-state index >= 15 is 0 Å². The summed E-state index contributed by atoms with van der Waals surface area (Å²) in [6.45, 7) is 0. The van der Waals surface area contributed by atoms with Crippen molar-refractivity contribution in [2.75, 3.05) is 5.73 Å². The van der Waals surface area contributed by atoms with Gasteiger partial charge in [0, 0.05) is 19.5 Å². The van der Waals surface area contributed by atoms with Gasteiger partial charge in [-0.3, -0.25) is 4.21 Å². The first-order valence-corrected chi connectivity index (χ1v) is 8.51. The molecule has 1 unspecified atom stereocenters. The van der Waals surface area contributed by atoms with Crippen molar-refractivity contribution in [1.29, 1.82) is 0 Å². The number of nitrogens with two attached hydrogens (primary N) is 1. The van der Waals surface area contributed by atoms with Gasteiger partial charge in [0.2, 0.25) is 0 Å². The predicted octanol–water partition coefficient (Wildman–Crippen LogP) is 4.16. The maximum absolute atomic E-state index is 12.2. The molecule has 2 nitrogen and oxygen atoms in total. The van der Waals surface area contributed by atoms with Gasteiger partial charge >= 0.3 is 0 Å². The molecule has 2 aromatic rings. The lowest BCUT2D eigenvalue weighted by Gasteiger charge is -2.05. The molecule has 0 bridgehead atoms. The minimum absolute atomic E-state index is 0.515. The number of anilines is 1. The number of hydrogen-bond donors (Lipinski definition) is 1. The van der Waals surface area contributed by atoms with Gasteiger partial charge in [0.25, 0.3) is 0 Å². The zero-order valence-electron chi connectivity index (χ0n) is 8.65. The van der Waals surface area contributed by atoms with E-state index in [0.29, 0.717) is 11.4 Å². The Morgan fingerprint density at radius 3 is 2.59 bits per heavy atom. The van der Waals surface area contributed by atoms with Crippen LogP contribution in [-0.4, -0.2) is 4.21 Å². The summed E-state index contributed by atoms with van der Waals surface area (Å²) in [7, 11) is -1.06. The van der Waals surface area contributed by atoms with Crippen LogP contribution >= 0.6 is 43.2 Å². The van der Waals surface area contributed by atoms with Crippen LogP contribution in [0.2, 0.25) is 0 Å². The topological polar surface area (TPSA) is 43.1 Å². The normalized spacial score (nSPS) is 12.6. The van der Waals surface area contributed by atoms with Gasteiger partial charge in [-0.25, -0.2) is 0 Å². The summed E-state index contributed by atoms with van der Waals surface area (Å²) in [5, 5.41) is 1.98. The van der Waals surface area contributed by atoms with E-state index in [1.165, 1.54) is 0 Å². The molecule has 2 rings (SSSR count). The van der Waals surface area contributed by atoms with Crippen molar-refractivity contribution in [2.24, 2.45) is 0 Å². The zero-order chi connectivity index (χ0) is 12.4. The summed E-state index contributed by atoms with van der Waals surface area (Å²) >= 11 is 8.43. The SMILES string of the molecule is Nc1ccc(S(=O)Cc2sccc2Br)c(Br)c1. The smallest absolute Gasteiger partial charge is 0.0638 e. The van der Waals surface area contributed by atoms with Crippen molar-refractivity contribution in [3.8, 4) is 0 Å². The fourth-order valence-electron chi connectivity index (χ4n) is 1.33. The zero-order valence-corrected chi connectivity index (χ0v) is 13.5. The standard InChI is InChI=1S/C11H9Br2NOS2/c12-8-3-4-16-10(8)6-17(15)11-2-1-7(14)5-9(11)13/h1-5H,6,14H2. The average Bonchev–Trinajstić information content (AvgIpc) is 2.64. The van der Waals surface area contributed by atoms with Crippen molar-refractivity contribution in [3.05, 3.63) is 43.5 Å². The molecule has 0 aliphatic rings. The highest BCUT2D eigenvalue weighted by Crippen LogP contribution is 2.29. The highest BCUT2D eigenvalue weighted by atomic mass is 79.9. The first kappa shape index (κ1) is 13.3. The van der Waals surface area contributed by atoms with Crippen LogP contribution in [0.25, 0.3) is 0 Å². The van der Waals surface area contributed by atoms with Gasteiger partial charge in [0.15, 0.2) is 0 Å². The van der Waals surface area contributed by atoms with Crippen LogP contribution in [0.15, 0.2) is 43.5 Å². The molecule has 1 heterocycles. The van der Waals surface area contributed by atoms with Crippen LogP contribution in [0, 0.1) is 0 Å². The van der Waals surface area contributed by atoms with Crippen LogP contribution in [0.3, 0.4) is 0 Å². The molecule has 0 aliphatic carbocycles. The Hall–Kier alpha value is -0.170. The van der Waals surface area contributed by atoms with Gasteiger partial charge in [-0.1, -0.05) is 0 Å². The second-order valence-corrected chi connectivity index (χ2v) is 7.50. The third kappa shape index (κ3) is 3.19. The molecule has 0 radical (unpaired) electrons. The Kier molecular flexibility index (Phi) is 4.41. The Labute approximate surface area is 123 Å². The van der Waals surface area contributed by atoms with E-state index in [0.717, 1.165) is 18.7 Å². The van der Waals surface area contributed by atoms with E-state index < -0.39 is 10.8 Å². The predicted molar refractivity (Wildman–Crippen MR) is 80.7 cm³/mol. The van der Waals surface area contributed by atoms with E-state index in [1.54, 1.807) is 29.5 Å². The highest BCUT2D eigenvalue weighted by Gasteiger charge is 2.12. The Bertz CT molecular complexity index is 568. The lowest BCUT2D eigenvalue weighted by Crippen LogP contribution is -1.97. The van der Waals surface area contributed by atoms with Crippen molar-refractivity contribution in [1.82, 2.24) is 0 Å². The molecule has 0 aliphatic heterocycles. The second-order valence-electron chi connectivity index (χ2n) is 3.37. The third-order valence-electron chi connectivity index (χ3n) is 2.15. The quantitative estimate of drug-likeness (QED) is 0.794. The number of hydrogen-bond acceptors (Lipinski definition) is 3. The molecule has 0 saturated carbocycles. The summed E-state index contributed by atoms with van der Waals surface area (Å²) in [6.07, 6.45) is 0. The molecule has 1 aromatic carbocycles. The van der Waals surface area contributed by atoms with Crippen molar-refractivity contribution >= 4 is 59.7 Å². The summed E-state index contributed by atoms with van der Waals surface area (Å²) in [6, 6.07) is 7.31. The highest BCUT2D eigenvalue weighted by molar-refractivity contribution is 9.10. The number of nitrogen functional groups attached to an aromatic ring is 1. The van der Waals surface area contributed by atoms with Gasteiger partial charge in [-0.15, -0.1) is 11.3 Å². The molecule has 90 valence electrons. The van der Waals surface area contributed by atoms with Gasteiger partial charge in [0.05, 0.1) is 21.4 Å². The van der Waals surface area contributed by atoms with Gasteiger partial charge in [0.1, 0.15) is 0 Å². The lowest BCUT2D eigenvalue weighted by molar-refractivity contribution is 0.682. The fourth-order valence-corrected chi connectivity index (χ4v) is 5.37. The van der Waals surface area contributed by atoms with Gasteiger partial charge < -0.3 is 5.73 Å². The summed E-state index contributed by atoms with van der Waals surface area (Å²) in [4.78, 5) is 1.87. The van der Waals surface area contributed by atoms with Crippen molar-refractivity contribution in [3.63, 3.8) is 0 Å². The molecule has 0 spiro atoms. The van der Waals surface area contributed by atoms with Gasteiger partial charge in [-0.2, -0.15) is 0 Å². The van der Waals surface area contributed by atoms with E-state index in [2.05, 4.69) is 31.9 Å². The van der Waals surface area contributed by atoms with Crippen LogP contribution in [0.5, 0.6) is 0 Å².